The first kappa shape index (κ1) is 7.07. The maximum absolute atomic E-state index is 2.46. The summed E-state index contributed by atoms with van der Waals surface area (Å²) < 4.78 is 0. The van der Waals surface area contributed by atoms with Crippen LogP contribution in [0.3, 0.4) is 0 Å². The Morgan fingerprint density at radius 1 is 1.33 bits per heavy atom. The Balaban J connectivity index is 2.35. The minimum atomic E-state index is -0.303. The maximum Gasteiger partial charge on any atom is 0.0340 e. The molecule has 1 atom stereocenters. The summed E-state index contributed by atoms with van der Waals surface area (Å²) in [5, 5.41) is 0. The molecule has 0 aromatic carbocycles. The number of hydrogen-bond acceptors (Lipinski definition) is 0. The minimum Gasteiger partial charge on any atom is -0.0886 e. The highest BCUT2D eigenvalue weighted by atomic mass is 28.3. The van der Waals surface area contributed by atoms with Crippen LogP contribution in [0, 0.1) is 0 Å². The van der Waals surface area contributed by atoms with Crippen LogP contribution < -0.4 is 0 Å². The summed E-state index contributed by atoms with van der Waals surface area (Å²) in [6, 6.07) is 0. The predicted molar refractivity (Wildman–Crippen MR) is 45.6 cm³/mol. The fourth-order valence-electron chi connectivity index (χ4n) is 1.42. The van der Waals surface area contributed by atoms with E-state index in [0.29, 0.717) is 0 Å². The van der Waals surface area contributed by atoms with Crippen LogP contribution in [0.1, 0.15) is 19.3 Å². The molecule has 1 aliphatic rings. The molecule has 9 heavy (non-hydrogen) atoms. The lowest BCUT2D eigenvalue weighted by molar-refractivity contribution is 0.713. The summed E-state index contributed by atoms with van der Waals surface area (Å²) in [6.45, 7) is 4.92. The molecule has 1 unspecified atom stereocenters. The highest BCUT2D eigenvalue weighted by Gasteiger charge is 2.13. The molecule has 0 saturated carbocycles. The summed E-state index contributed by atoms with van der Waals surface area (Å²) in [4.78, 5) is 0. The van der Waals surface area contributed by atoms with Crippen LogP contribution in [0.25, 0.3) is 0 Å². The average Bonchev–Trinajstić information content (AvgIpc) is 1.90. The van der Waals surface area contributed by atoms with Gasteiger partial charge in [0.05, 0.1) is 0 Å². The van der Waals surface area contributed by atoms with Crippen molar-refractivity contribution in [1.82, 2.24) is 0 Å². The predicted octanol–water partition coefficient (Wildman–Crippen LogP) is 2.58. The zero-order valence-corrected chi connectivity index (χ0v) is 7.59. The molecule has 0 radical (unpaired) electrons. The molecule has 1 heteroatoms. The van der Waals surface area contributed by atoms with Crippen molar-refractivity contribution in [2.75, 3.05) is 0 Å². The quantitative estimate of drug-likeness (QED) is 0.388. The lowest BCUT2D eigenvalue weighted by Crippen LogP contribution is -2.12. The molecule has 0 bridgehead atoms. The molecule has 0 heterocycles. The van der Waals surface area contributed by atoms with Gasteiger partial charge in [0, 0.05) is 8.80 Å². The van der Waals surface area contributed by atoms with E-state index in [-0.39, 0.29) is 8.80 Å². The molecule has 1 aliphatic carbocycles. The van der Waals surface area contributed by atoms with Crippen molar-refractivity contribution in [1.29, 1.82) is 0 Å². The summed E-state index contributed by atoms with van der Waals surface area (Å²) in [5.41, 5.74) is 1.11. The van der Waals surface area contributed by atoms with Crippen molar-refractivity contribution < 1.29 is 0 Å². The van der Waals surface area contributed by atoms with Crippen molar-refractivity contribution in [3.05, 3.63) is 12.2 Å². The SMILES string of the molecule is C[SiH](C)C1CC=CCC1. The summed E-state index contributed by atoms with van der Waals surface area (Å²) in [6.07, 6.45) is 8.88. The Morgan fingerprint density at radius 3 is 2.44 bits per heavy atom. The number of hydrogen-bond donors (Lipinski definition) is 0. The lowest BCUT2D eigenvalue weighted by atomic mass is 10.1. The second kappa shape index (κ2) is 3.21. The molecule has 0 aromatic rings. The lowest BCUT2D eigenvalue weighted by Gasteiger charge is -2.19. The molecule has 0 amide bonds. The Bertz CT molecular complexity index is 105. The maximum atomic E-state index is 2.46. The van der Waals surface area contributed by atoms with Crippen LogP contribution >= 0.6 is 0 Å². The molecule has 0 aromatic heterocycles. The van der Waals surface area contributed by atoms with Crippen LogP contribution in [0.15, 0.2) is 12.2 Å². The number of allylic oxidation sites excluding steroid dienone is 2. The van der Waals surface area contributed by atoms with E-state index in [9.17, 15) is 0 Å². The Kier molecular flexibility index (Phi) is 2.52. The Labute approximate surface area is 59.6 Å². The van der Waals surface area contributed by atoms with Crippen molar-refractivity contribution >= 4 is 8.80 Å². The van der Waals surface area contributed by atoms with Gasteiger partial charge in [0.2, 0.25) is 0 Å². The Hall–Kier alpha value is -0.0431. The molecule has 52 valence electrons. The fraction of sp³-hybridized carbons (Fsp3) is 0.750. The normalized spacial score (nSPS) is 27.2. The minimum absolute atomic E-state index is 0.303. The number of rotatable bonds is 1. The summed E-state index contributed by atoms with van der Waals surface area (Å²) in [5.74, 6) is 0. The molecule has 0 aliphatic heterocycles. The van der Waals surface area contributed by atoms with Crippen LogP contribution in [-0.4, -0.2) is 8.80 Å². The summed E-state index contributed by atoms with van der Waals surface area (Å²) in [7, 11) is -0.303. The topological polar surface area (TPSA) is 0 Å². The van der Waals surface area contributed by atoms with E-state index in [1.54, 1.807) is 0 Å². The standard InChI is InChI=1S/C8H16Si/c1-9(2)8-6-4-3-5-7-8/h3-4,8-9H,5-7H2,1-2H3. The Morgan fingerprint density at radius 2 is 2.11 bits per heavy atom. The largest absolute Gasteiger partial charge is 0.0886 e. The van der Waals surface area contributed by atoms with Gasteiger partial charge in [0.1, 0.15) is 0 Å². The first-order chi connectivity index (χ1) is 4.30. The van der Waals surface area contributed by atoms with Gasteiger partial charge < -0.3 is 0 Å². The van der Waals surface area contributed by atoms with E-state index in [2.05, 4.69) is 25.2 Å². The zero-order valence-electron chi connectivity index (χ0n) is 6.43. The first-order valence-corrected chi connectivity index (χ1v) is 6.93. The van der Waals surface area contributed by atoms with Gasteiger partial charge in [0.25, 0.3) is 0 Å². The molecule has 1 rings (SSSR count). The molecule has 0 N–H and O–H groups in total. The molecular formula is C8H16Si. The van der Waals surface area contributed by atoms with Gasteiger partial charge in [-0.05, 0) is 24.8 Å². The fourth-order valence-corrected chi connectivity index (χ4v) is 2.98. The second-order valence-corrected chi connectivity index (χ2v) is 6.72. The van der Waals surface area contributed by atoms with Crippen molar-refractivity contribution in [3.63, 3.8) is 0 Å². The average molecular weight is 140 g/mol. The van der Waals surface area contributed by atoms with Gasteiger partial charge in [-0.2, -0.15) is 0 Å². The van der Waals surface area contributed by atoms with E-state index in [4.69, 9.17) is 0 Å². The van der Waals surface area contributed by atoms with Gasteiger partial charge in [-0.25, -0.2) is 0 Å². The van der Waals surface area contributed by atoms with Gasteiger partial charge >= 0.3 is 0 Å². The highest BCUT2D eigenvalue weighted by molar-refractivity contribution is 6.57. The third-order valence-corrected chi connectivity index (χ3v) is 4.74. The van der Waals surface area contributed by atoms with Crippen molar-refractivity contribution in [2.24, 2.45) is 0 Å². The van der Waals surface area contributed by atoms with Gasteiger partial charge in [-0.15, -0.1) is 0 Å². The van der Waals surface area contributed by atoms with Crippen LogP contribution in [0.2, 0.25) is 18.6 Å². The van der Waals surface area contributed by atoms with E-state index in [0.717, 1.165) is 5.54 Å². The van der Waals surface area contributed by atoms with Crippen LogP contribution in [0.5, 0.6) is 0 Å². The van der Waals surface area contributed by atoms with Crippen molar-refractivity contribution in [3.8, 4) is 0 Å². The third-order valence-electron chi connectivity index (χ3n) is 2.25. The van der Waals surface area contributed by atoms with E-state index >= 15 is 0 Å². The van der Waals surface area contributed by atoms with Crippen LogP contribution in [0.4, 0.5) is 0 Å². The third kappa shape index (κ3) is 1.97. The van der Waals surface area contributed by atoms with Gasteiger partial charge in [-0.3, -0.25) is 0 Å². The molecular weight excluding hydrogens is 124 g/mol. The first-order valence-electron chi connectivity index (χ1n) is 3.95. The zero-order chi connectivity index (χ0) is 6.69. The molecule has 0 fully saturated rings. The summed E-state index contributed by atoms with van der Waals surface area (Å²) >= 11 is 0. The van der Waals surface area contributed by atoms with Gasteiger partial charge in [-0.1, -0.05) is 25.2 Å². The van der Waals surface area contributed by atoms with Crippen LogP contribution in [-0.2, 0) is 0 Å². The monoisotopic (exact) mass is 140 g/mol. The molecule has 0 nitrogen and oxygen atoms in total. The van der Waals surface area contributed by atoms with E-state index in [1.165, 1.54) is 19.3 Å². The van der Waals surface area contributed by atoms with E-state index in [1.807, 2.05) is 0 Å². The molecule has 0 spiro atoms. The van der Waals surface area contributed by atoms with E-state index < -0.39 is 0 Å². The second-order valence-electron chi connectivity index (χ2n) is 3.29. The van der Waals surface area contributed by atoms with Gasteiger partial charge in [0.15, 0.2) is 0 Å². The highest BCUT2D eigenvalue weighted by Crippen LogP contribution is 2.26. The smallest absolute Gasteiger partial charge is 0.0340 e. The molecule has 0 saturated heterocycles. The van der Waals surface area contributed by atoms with Crippen molar-refractivity contribution in [2.45, 2.75) is 37.9 Å².